The Morgan fingerprint density at radius 3 is 3.04 bits per heavy atom. The second-order valence-corrected chi connectivity index (χ2v) is 5.68. The highest BCUT2D eigenvalue weighted by Gasteiger charge is 2.21. The van der Waals surface area contributed by atoms with Crippen molar-refractivity contribution >= 4 is 17.0 Å². The predicted molar refractivity (Wildman–Crippen MR) is 89.9 cm³/mol. The van der Waals surface area contributed by atoms with Gasteiger partial charge in [0.05, 0.1) is 13.4 Å². The smallest absolute Gasteiger partial charge is 0.167 e. The molecule has 1 aromatic carbocycles. The minimum Gasteiger partial charge on any atom is -0.496 e. The van der Waals surface area contributed by atoms with Crippen molar-refractivity contribution in [3.63, 3.8) is 0 Å². The van der Waals surface area contributed by atoms with E-state index in [0.29, 0.717) is 12.4 Å². The molecule has 0 bridgehead atoms. The molecular formula is C17H19N5O2. The van der Waals surface area contributed by atoms with Crippen molar-refractivity contribution in [2.24, 2.45) is 0 Å². The lowest BCUT2D eigenvalue weighted by Crippen LogP contribution is -2.07. The molecule has 0 aliphatic carbocycles. The molecule has 0 saturated carbocycles. The lowest BCUT2D eigenvalue weighted by Gasteiger charge is -2.12. The molecule has 0 amide bonds. The second-order valence-electron chi connectivity index (χ2n) is 5.68. The van der Waals surface area contributed by atoms with Crippen molar-refractivity contribution in [3.8, 4) is 5.75 Å². The summed E-state index contributed by atoms with van der Waals surface area (Å²) in [6.45, 7) is 1.39. The monoisotopic (exact) mass is 325 g/mol. The van der Waals surface area contributed by atoms with E-state index in [2.05, 4.69) is 20.3 Å². The van der Waals surface area contributed by atoms with Crippen LogP contribution in [-0.2, 0) is 11.3 Å². The number of ether oxygens (including phenoxy) is 2. The number of nitrogens with zero attached hydrogens (tertiary/aromatic N) is 4. The summed E-state index contributed by atoms with van der Waals surface area (Å²) >= 11 is 0. The van der Waals surface area contributed by atoms with Gasteiger partial charge in [0.15, 0.2) is 17.0 Å². The Morgan fingerprint density at radius 2 is 2.21 bits per heavy atom. The summed E-state index contributed by atoms with van der Waals surface area (Å²) in [7, 11) is 1.67. The Kier molecular flexibility index (Phi) is 4.00. The first kappa shape index (κ1) is 14.9. The Morgan fingerprint density at radius 1 is 1.29 bits per heavy atom. The van der Waals surface area contributed by atoms with Gasteiger partial charge in [0.1, 0.15) is 18.3 Å². The van der Waals surface area contributed by atoms with E-state index in [-0.39, 0.29) is 6.23 Å². The van der Waals surface area contributed by atoms with Crippen LogP contribution in [0, 0.1) is 0 Å². The second kappa shape index (κ2) is 6.45. The minimum atomic E-state index is 0.0203. The molecule has 7 heteroatoms. The summed E-state index contributed by atoms with van der Waals surface area (Å²) in [5.41, 5.74) is 2.60. The fraction of sp³-hybridized carbons (Fsp3) is 0.353. The van der Waals surface area contributed by atoms with E-state index < -0.39 is 0 Å². The maximum Gasteiger partial charge on any atom is 0.167 e. The Bertz CT molecular complexity index is 842. The number of rotatable bonds is 5. The van der Waals surface area contributed by atoms with Gasteiger partial charge in [-0.05, 0) is 18.9 Å². The zero-order chi connectivity index (χ0) is 16.4. The van der Waals surface area contributed by atoms with E-state index in [0.717, 1.165) is 41.9 Å². The highest BCUT2D eigenvalue weighted by Crippen LogP contribution is 2.28. The van der Waals surface area contributed by atoms with Crippen LogP contribution in [0.2, 0.25) is 0 Å². The quantitative estimate of drug-likeness (QED) is 0.777. The number of para-hydroxylation sites is 1. The summed E-state index contributed by atoms with van der Waals surface area (Å²) < 4.78 is 13.1. The van der Waals surface area contributed by atoms with Crippen LogP contribution in [0.1, 0.15) is 24.6 Å². The maximum atomic E-state index is 5.73. The number of methoxy groups -OCH3 is 1. The first-order valence-corrected chi connectivity index (χ1v) is 8.01. The molecular weight excluding hydrogens is 306 g/mol. The lowest BCUT2D eigenvalue weighted by molar-refractivity contribution is 0.0593. The predicted octanol–water partition coefficient (Wildman–Crippen LogP) is 2.76. The molecule has 4 rings (SSSR count). The van der Waals surface area contributed by atoms with Gasteiger partial charge in [-0.3, -0.25) is 4.57 Å². The van der Waals surface area contributed by atoms with Crippen molar-refractivity contribution < 1.29 is 9.47 Å². The number of hydrogen-bond donors (Lipinski definition) is 1. The molecule has 3 heterocycles. The molecule has 1 aliphatic rings. The van der Waals surface area contributed by atoms with Crippen molar-refractivity contribution in [1.29, 1.82) is 0 Å². The van der Waals surface area contributed by atoms with Crippen LogP contribution in [0.5, 0.6) is 5.75 Å². The van der Waals surface area contributed by atoms with Gasteiger partial charge in [-0.1, -0.05) is 18.2 Å². The third-order valence-electron chi connectivity index (χ3n) is 4.21. The van der Waals surface area contributed by atoms with Crippen LogP contribution >= 0.6 is 0 Å². The minimum absolute atomic E-state index is 0.0203. The number of anilines is 1. The lowest BCUT2D eigenvalue weighted by atomic mass is 10.2. The number of imidazole rings is 1. The van der Waals surface area contributed by atoms with Gasteiger partial charge in [0.25, 0.3) is 0 Å². The number of nitrogens with one attached hydrogen (secondary N) is 1. The van der Waals surface area contributed by atoms with Crippen LogP contribution in [0.3, 0.4) is 0 Å². The van der Waals surface area contributed by atoms with Crippen molar-refractivity contribution in [2.45, 2.75) is 25.6 Å². The summed E-state index contributed by atoms with van der Waals surface area (Å²) in [5.74, 6) is 1.56. The first-order valence-electron chi connectivity index (χ1n) is 8.01. The van der Waals surface area contributed by atoms with E-state index >= 15 is 0 Å². The molecule has 1 N–H and O–H groups in total. The SMILES string of the molecule is COc1ccccc1CNc1ncnc2c1ncn2C1CCCO1. The summed E-state index contributed by atoms with van der Waals surface area (Å²) in [6.07, 6.45) is 5.41. The molecule has 1 saturated heterocycles. The Hall–Kier alpha value is -2.67. The molecule has 24 heavy (non-hydrogen) atoms. The van der Waals surface area contributed by atoms with Crippen LogP contribution in [0.15, 0.2) is 36.9 Å². The first-order chi connectivity index (χ1) is 11.9. The van der Waals surface area contributed by atoms with Crippen molar-refractivity contribution in [1.82, 2.24) is 19.5 Å². The van der Waals surface area contributed by atoms with Crippen molar-refractivity contribution in [3.05, 3.63) is 42.5 Å². The molecule has 0 spiro atoms. The summed E-state index contributed by atoms with van der Waals surface area (Å²) in [6, 6.07) is 7.91. The third-order valence-corrected chi connectivity index (χ3v) is 4.21. The number of aromatic nitrogens is 4. The molecule has 1 unspecified atom stereocenters. The molecule has 7 nitrogen and oxygen atoms in total. The highest BCUT2D eigenvalue weighted by molar-refractivity contribution is 5.82. The van der Waals surface area contributed by atoms with Crippen LogP contribution in [0.25, 0.3) is 11.2 Å². The number of hydrogen-bond acceptors (Lipinski definition) is 6. The fourth-order valence-corrected chi connectivity index (χ4v) is 3.00. The zero-order valence-electron chi connectivity index (χ0n) is 13.5. The van der Waals surface area contributed by atoms with E-state index in [9.17, 15) is 0 Å². The Labute approximate surface area is 139 Å². The number of fused-ring (bicyclic) bond motifs is 1. The van der Waals surface area contributed by atoms with Gasteiger partial charge >= 0.3 is 0 Å². The molecule has 1 aliphatic heterocycles. The summed E-state index contributed by atoms with van der Waals surface area (Å²) in [5, 5.41) is 3.33. The average Bonchev–Trinajstić information content (AvgIpc) is 3.29. The van der Waals surface area contributed by atoms with E-state index in [4.69, 9.17) is 9.47 Å². The van der Waals surface area contributed by atoms with Crippen LogP contribution in [0.4, 0.5) is 5.82 Å². The van der Waals surface area contributed by atoms with Gasteiger partial charge in [-0.2, -0.15) is 0 Å². The van der Waals surface area contributed by atoms with Gasteiger partial charge in [-0.15, -0.1) is 0 Å². The Balaban J connectivity index is 1.60. The fourth-order valence-electron chi connectivity index (χ4n) is 3.00. The average molecular weight is 325 g/mol. The van der Waals surface area contributed by atoms with E-state index in [1.54, 1.807) is 19.8 Å². The standard InChI is InChI=1S/C17H19N5O2/c1-23-13-6-3-2-5-12(13)9-18-16-15-17(20-10-19-16)22(11-21-15)14-7-4-8-24-14/h2-3,5-6,10-11,14H,4,7-9H2,1H3,(H,18,19,20). The molecule has 1 atom stereocenters. The van der Waals surface area contributed by atoms with E-state index in [1.165, 1.54) is 0 Å². The highest BCUT2D eigenvalue weighted by atomic mass is 16.5. The largest absolute Gasteiger partial charge is 0.496 e. The molecule has 0 radical (unpaired) electrons. The van der Waals surface area contributed by atoms with Crippen molar-refractivity contribution in [2.75, 3.05) is 19.0 Å². The van der Waals surface area contributed by atoms with Crippen LogP contribution < -0.4 is 10.1 Å². The topological polar surface area (TPSA) is 74.1 Å². The summed E-state index contributed by atoms with van der Waals surface area (Å²) in [4.78, 5) is 13.2. The molecule has 2 aromatic heterocycles. The molecule has 1 fully saturated rings. The van der Waals surface area contributed by atoms with Gasteiger partial charge < -0.3 is 14.8 Å². The van der Waals surface area contributed by atoms with Crippen LogP contribution in [-0.4, -0.2) is 33.2 Å². The molecule has 3 aromatic rings. The number of benzene rings is 1. The van der Waals surface area contributed by atoms with Gasteiger partial charge in [0.2, 0.25) is 0 Å². The molecule has 124 valence electrons. The maximum absolute atomic E-state index is 5.73. The van der Waals surface area contributed by atoms with Gasteiger partial charge in [0, 0.05) is 18.7 Å². The van der Waals surface area contributed by atoms with E-state index in [1.807, 2.05) is 28.8 Å². The normalized spacial score (nSPS) is 17.3. The third kappa shape index (κ3) is 2.67. The van der Waals surface area contributed by atoms with Gasteiger partial charge in [-0.25, -0.2) is 15.0 Å². The zero-order valence-corrected chi connectivity index (χ0v) is 13.5.